The van der Waals surface area contributed by atoms with E-state index in [0.717, 1.165) is 85.1 Å². The Morgan fingerprint density at radius 3 is 1.90 bits per heavy atom. The lowest BCUT2D eigenvalue weighted by Gasteiger charge is -2.45. The third-order valence-corrected chi connectivity index (χ3v) is 10.8. The minimum atomic E-state index is -0.278. The van der Waals surface area contributed by atoms with Crippen molar-refractivity contribution in [2.75, 3.05) is 64.8 Å². The number of hydrogen-bond donors (Lipinski definition) is 4. The first-order valence-electron chi connectivity index (χ1n) is 17.8. The predicted octanol–water partition coefficient (Wildman–Crippen LogP) is 5.67. The number of hydrogen-bond acceptors (Lipinski definition) is 10. The number of nitrogens with zero attached hydrogens (tertiary/aromatic N) is 3. The zero-order valence-corrected chi connectivity index (χ0v) is 28.4. The van der Waals surface area contributed by atoms with Gasteiger partial charge in [-0.3, -0.25) is 0 Å². The average Bonchev–Trinajstić information content (AvgIpc) is 3.08. The number of ether oxygens (including phenoxy) is 3. The lowest BCUT2D eigenvalue weighted by molar-refractivity contribution is 0.0799. The maximum Gasteiger partial charge on any atom is 0.144 e. The van der Waals surface area contributed by atoms with Gasteiger partial charge in [-0.15, -0.1) is 0 Å². The molecule has 6 aliphatic heterocycles. The summed E-state index contributed by atoms with van der Waals surface area (Å²) in [5, 5.41) is 9.94. The van der Waals surface area contributed by atoms with Crippen molar-refractivity contribution >= 4 is 34.1 Å². The van der Waals surface area contributed by atoms with Crippen LogP contribution < -0.4 is 46.1 Å². The van der Waals surface area contributed by atoms with Gasteiger partial charge in [-0.25, -0.2) is 0 Å². The Morgan fingerprint density at radius 1 is 0.625 bits per heavy atom. The van der Waals surface area contributed by atoms with E-state index in [2.05, 4.69) is 40.7 Å². The third-order valence-electron chi connectivity index (χ3n) is 10.8. The van der Waals surface area contributed by atoms with Crippen LogP contribution in [0.5, 0.6) is 17.2 Å². The molecule has 48 heavy (non-hydrogen) atoms. The summed E-state index contributed by atoms with van der Waals surface area (Å²) in [4.78, 5) is 7.25. The van der Waals surface area contributed by atoms with Crippen LogP contribution in [0.3, 0.4) is 0 Å². The van der Waals surface area contributed by atoms with Gasteiger partial charge < -0.3 is 51.2 Å². The molecule has 0 aliphatic carbocycles. The molecule has 0 bridgehead atoms. The summed E-state index contributed by atoms with van der Waals surface area (Å²) in [7, 11) is 0. The van der Waals surface area contributed by atoms with Crippen LogP contribution in [0.4, 0.5) is 34.1 Å². The molecule has 258 valence electrons. The van der Waals surface area contributed by atoms with Crippen LogP contribution in [-0.2, 0) is 0 Å². The first-order chi connectivity index (χ1) is 23.2. The van der Waals surface area contributed by atoms with Crippen molar-refractivity contribution < 1.29 is 19.3 Å². The van der Waals surface area contributed by atoms with E-state index in [9.17, 15) is 5.11 Å². The number of nitrogen functional groups attached to an aromatic ring is 3. The van der Waals surface area contributed by atoms with E-state index in [4.69, 9.17) is 31.4 Å². The summed E-state index contributed by atoms with van der Waals surface area (Å²) >= 11 is 0. The summed E-state index contributed by atoms with van der Waals surface area (Å²) in [6.07, 6.45) is 8.01. The fourth-order valence-electron chi connectivity index (χ4n) is 8.27. The minimum absolute atomic E-state index is 0.102. The van der Waals surface area contributed by atoms with Crippen molar-refractivity contribution in [1.82, 2.24) is 0 Å². The lowest BCUT2D eigenvalue weighted by atomic mass is 9.93. The fraction of sp³-hybridized carbons (Fsp3) is 0.526. The van der Waals surface area contributed by atoms with Crippen molar-refractivity contribution in [1.29, 1.82) is 0 Å². The fourth-order valence-corrected chi connectivity index (χ4v) is 8.27. The second-order valence-corrected chi connectivity index (χ2v) is 14.4. The van der Waals surface area contributed by atoms with E-state index >= 15 is 0 Å². The highest BCUT2D eigenvalue weighted by Gasteiger charge is 2.36. The van der Waals surface area contributed by atoms with Gasteiger partial charge in [-0.1, -0.05) is 6.92 Å². The Hall–Kier alpha value is -4.18. The second kappa shape index (κ2) is 13.7. The molecule has 10 nitrogen and oxygen atoms in total. The summed E-state index contributed by atoms with van der Waals surface area (Å²) in [5.74, 6) is 3.51. The van der Waals surface area contributed by atoms with Gasteiger partial charge in [0, 0.05) is 54.4 Å². The Morgan fingerprint density at radius 2 is 1.21 bits per heavy atom. The van der Waals surface area contributed by atoms with Crippen molar-refractivity contribution in [3.63, 3.8) is 0 Å². The molecule has 6 unspecified atom stereocenters. The zero-order valence-electron chi connectivity index (χ0n) is 28.4. The normalized spacial score (nSPS) is 27.9. The molecule has 3 aromatic carbocycles. The van der Waals surface area contributed by atoms with Gasteiger partial charge >= 0.3 is 0 Å². The highest BCUT2D eigenvalue weighted by molar-refractivity contribution is 5.68. The average molecular weight is 657 g/mol. The molecule has 6 atom stereocenters. The van der Waals surface area contributed by atoms with E-state index < -0.39 is 0 Å². The van der Waals surface area contributed by atoms with Crippen LogP contribution in [-0.4, -0.2) is 68.3 Å². The number of benzene rings is 3. The molecule has 3 aromatic rings. The van der Waals surface area contributed by atoms with E-state index in [1.165, 1.54) is 43.5 Å². The van der Waals surface area contributed by atoms with Gasteiger partial charge in [-0.2, -0.15) is 0 Å². The predicted molar refractivity (Wildman–Crippen MR) is 195 cm³/mol. The van der Waals surface area contributed by atoms with Crippen molar-refractivity contribution in [3.05, 3.63) is 54.6 Å². The number of rotatable bonds is 0. The van der Waals surface area contributed by atoms with Crippen LogP contribution in [0.2, 0.25) is 0 Å². The Balaban J connectivity index is 0.000000114. The molecular weight excluding hydrogens is 604 g/mol. The molecule has 0 aromatic heterocycles. The van der Waals surface area contributed by atoms with E-state index in [0.29, 0.717) is 24.7 Å². The molecule has 9 rings (SSSR count). The summed E-state index contributed by atoms with van der Waals surface area (Å²) in [6, 6.07) is 19.5. The Bertz CT molecular complexity index is 1540. The quantitative estimate of drug-likeness (QED) is 0.224. The molecular formula is C38H52N6O4. The van der Waals surface area contributed by atoms with Crippen LogP contribution in [0.25, 0.3) is 0 Å². The van der Waals surface area contributed by atoms with Crippen molar-refractivity contribution in [3.8, 4) is 17.2 Å². The first kappa shape index (κ1) is 32.4. The lowest BCUT2D eigenvalue weighted by Crippen LogP contribution is -2.53. The maximum atomic E-state index is 9.94. The third kappa shape index (κ3) is 6.59. The second-order valence-electron chi connectivity index (χ2n) is 14.4. The van der Waals surface area contributed by atoms with E-state index in [1.807, 2.05) is 42.5 Å². The molecule has 0 amide bonds. The monoisotopic (exact) mass is 656 g/mol. The number of fused-ring (bicyclic) bond motifs is 9. The number of piperidine rings is 3. The van der Waals surface area contributed by atoms with E-state index in [1.54, 1.807) is 0 Å². The summed E-state index contributed by atoms with van der Waals surface area (Å²) in [6.45, 7) is 8.93. The van der Waals surface area contributed by atoms with Crippen LogP contribution in [0, 0.1) is 5.92 Å². The number of nitrogens with two attached hydrogens (primary N) is 3. The Labute approximate surface area is 284 Å². The molecule has 7 N–H and O–H groups in total. The van der Waals surface area contributed by atoms with Gasteiger partial charge in [0.05, 0.1) is 41.3 Å². The summed E-state index contributed by atoms with van der Waals surface area (Å²) < 4.78 is 17.3. The molecule has 6 aliphatic rings. The van der Waals surface area contributed by atoms with Crippen LogP contribution in [0.15, 0.2) is 54.6 Å². The largest absolute Gasteiger partial charge is 0.489 e. The summed E-state index contributed by atoms with van der Waals surface area (Å²) in [5.41, 5.74) is 23.1. The SMILES string of the molecule is CC1CCC2COc3cc(N)ccc3N2C1.CC1CCCC2COc3cc(N)ccc3N12.Nc1ccc2c(c1)OCC1C(O)CCCN21. The van der Waals surface area contributed by atoms with Gasteiger partial charge in [0.1, 0.15) is 37.1 Å². The molecule has 3 fully saturated rings. The van der Waals surface area contributed by atoms with Gasteiger partial charge in [0.25, 0.3) is 0 Å². The molecule has 0 radical (unpaired) electrons. The first-order valence-corrected chi connectivity index (χ1v) is 17.8. The minimum Gasteiger partial charge on any atom is -0.489 e. The topological polar surface area (TPSA) is 136 Å². The standard InChI is InChI=1S/2C13H18N2O.C12H16N2O2/c1-9-2-4-11-8-16-13-6-10(14)3-5-12(13)15(11)7-9;1-9-3-2-4-11-8-16-13-7-10(14)5-6-12(13)15(9)11;13-8-3-4-9-12(6-8)16-7-10-11(15)2-1-5-14(9)10/h3,5-6,9,11H,2,4,7-8,14H2,1H3;5-7,9,11H,2-4,8,14H2,1H3;3-4,6,10-11,15H,1-2,5,7,13H2. The smallest absolute Gasteiger partial charge is 0.144 e. The maximum absolute atomic E-state index is 9.94. The van der Waals surface area contributed by atoms with E-state index in [-0.39, 0.29) is 12.1 Å². The molecule has 3 saturated heterocycles. The van der Waals surface area contributed by atoms with Gasteiger partial charge in [-0.05, 0) is 94.2 Å². The Kier molecular flexibility index (Phi) is 9.27. The van der Waals surface area contributed by atoms with Gasteiger partial charge in [0.15, 0.2) is 0 Å². The van der Waals surface area contributed by atoms with Crippen molar-refractivity contribution in [2.45, 2.75) is 89.1 Å². The molecule has 0 spiro atoms. The number of aliphatic hydroxyl groups excluding tert-OH is 1. The molecule has 10 heteroatoms. The van der Waals surface area contributed by atoms with Crippen molar-refractivity contribution in [2.24, 2.45) is 5.92 Å². The number of aliphatic hydroxyl groups is 1. The highest BCUT2D eigenvalue weighted by Crippen LogP contribution is 2.42. The highest BCUT2D eigenvalue weighted by atomic mass is 16.5. The van der Waals surface area contributed by atoms with Crippen LogP contribution >= 0.6 is 0 Å². The molecule has 6 heterocycles. The number of anilines is 6. The van der Waals surface area contributed by atoms with Crippen LogP contribution in [0.1, 0.15) is 58.8 Å². The zero-order chi connectivity index (χ0) is 33.4. The molecule has 0 saturated carbocycles. The van der Waals surface area contributed by atoms with Gasteiger partial charge in [0.2, 0.25) is 0 Å².